The molecule has 8 heteroatoms. The first-order chi connectivity index (χ1) is 14.6. The Bertz CT molecular complexity index is 951. The number of benzene rings is 1. The van der Waals surface area contributed by atoms with Crippen molar-refractivity contribution in [3.63, 3.8) is 0 Å². The van der Waals surface area contributed by atoms with Crippen molar-refractivity contribution in [2.24, 2.45) is 0 Å². The summed E-state index contributed by atoms with van der Waals surface area (Å²) < 4.78 is 5.35. The number of alkyl carbamates (subject to hydrolysis) is 1. The van der Waals surface area contributed by atoms with E-state index < -0.39 is 17.7 Å². The number of amides is 2. The summed E-state index contributed by atoms with van der Waals surface area (Å²) in [6.07, 6.45) is 4.15. The lowest BCUT2D eigenvalue weighted by Gasteiger charge is -2.29. The lowest BCUT2D eigenvalue weighted by atomic mass is 10.1. The number of imidazole rings is 1. The molecule has 1 aromatic carbocycles. The molecule has 0 spiro atoms. The molecular formula is C23H31ClN4O3. The third-order valence-corrected chi connectivity index (χ3v) is 5.38. The molecule has 2 unspecified atom stereocenters. The fourth-order valence-corrected chi connectivity index (χ4v) is 4.00. The molecular weight excluding hydrogens is 416 g/mol. The molecule has 0 aliphatic carbocycles. The summed E-state index contributed by atoms with van der Waals surface area (Å²) in [4.78, 5) is 35.6. The van der Waals surface area contributed by atoms with Crippen LogP contribution in [-0.2, 0) is 22.4 Å². The number of anilines is 1. The summed E-state index contributed by atoms with van der Waals surface area (Å²) in [7, 11) is 0. The fraction of sp³-hybridized carbons (Fsp3) is 0.522. The zero-order chi connectivity index (χ0) is 22.8. The van der Waals surface area contributed by atoms with Gasteiger partial charge in [0.1, 0.15) is 17.5 Å². The van der Waals surface area contributed by atoms with Crippen LogP contribution in [0.25, 0.3) is 0 Å². The average Bonchev–Trinajstić information content (AvgIpc) is 3.28. The van der Waals surface area contributed by atoms with Crippen LogP contribution in [0.15, 0.2) is 24.4 Å². The average molecular weight is 447 g/mol. The van der Waals surface area contributed by atoms with Crippen LogP contribution in [-0.4, -0.2) is 33.6 Å². The molecule has 2 atom stereocenters. The lowest BCUT2D eigenvalue weighted by molar-refractivity contribution is -0.121. The maximum atomic E-state index is 13.6. The number of nitrogens with zero attached hydrogens (tertiary/aromatic N) is 2. The molecule has 2 amide bonds. The van der Waals surface area contributed by atoms with Crippen molar-refractivity contribution in [1.82, 2.24) is 15.3 Å². The Balaban J connectivity index is 1.91. The fourth-order valence-electron chi connectivity index (χ4n) is 3.81. The molecule has 3 rings (SSSR count). The highest BCUT2D eigenvalue weighted by molar-refractivity contribution is 6.30. The van der Waals surface area contributed by atoms with Crippen LogP contribution in [0, 0.1) is 0 Å². The van der Waals surface area contributed by atoms with Crippen LogP contribution in [0.4, 0.5) is 10.5 Å². The minimum Gasteiger partial charge on any atom is -0.444 e. The van der Waals surface area contributed by atoms with E-state index in [0.717, 1.165) is 35.6 Å². The van der Waals surface area contributed by atoms with Gasteiger partial charge in [0.25, 0.3) is 0 Å². The summed E-state index contributed by atoms with van der Waals surface area (Å²) in [6.45, 7) is 9.34. The van der Waals surface area contributed by atoms with Gasteiger partial charge in [-0.2, -0.15) is 0 Å². The van der Waals surface area contributed by atoms with Crippen molar-refractivity contribution in [2.45, 2.75) is 78.0 Å². The first-order valence-electron chi connectivity index (χ1n) is 10.8. The number of aryl methyl sites for hydroxylation is 1. The van der Waals surface area contributed by atoms with Crippen LogP contribution < -0.4 is 10.2 Å². The van der Waals surface area contributed by atoms with Gasteiger partial charge >= 0.3 is 6.09 Å². The number of rotatable bonds is 6. The zero-order valence-electron chi connectivity index (χ0n) is 18.8. The Hall–Kier alpha value is -2.54. The molecule has 0 radical (unpaired) electrons. The number of carbonyl (C=O) groups is 2. The first-order valence-corrected chi connectivity index (χ1v) is 11.2. The normalized spacial score (nSPS) is 16.7. The lowest BCUT2D eigenvalue weighted by Crippen LogP contribution is -2.50. The van der Waals surface area contributed by atoms with E-state index in [9.17, 15) is 9.59 Å². The van der Waals surface area contributed by atoms with Crippen LogP contribution in [0.1, 0.15) is 70.6 Å². The molecule has 0 bridgehead atoms. The number of ether oxygens (including phenoxy) is 1. The standard InChI is InChI=1S/C23H31ClN4O3/c1-6-8-16-13-25-20(26-16)19-12-14-11-15(24)9-10-18(14)28(19)21(29)17(7-2)27-22(30)31-23(3,4)5/h9-11,13,17,19H,6-8,12H2,1-5H3,(H,25,26)(H,27,30). The third kappa shape index (κ3) is 5.39. The molecule has 1 aliphatic rings. The van der Waals surface area contributed by atoms with Crippen LogP contribution in [0.5, 0.6) is 0 Å². The Labute approximate surface area is 188 Å². The molecule has 168 valence electrons. The highest BCUT2D eigenvalue weighted by Crippen LogP contribution is 2.41. The monoisotopic (exact) mass is 446 g/mol. The number of H-pyrrole nitrogens is 1. The second-order valence-electron chi connectivity index (χ2n) is 8.85. The summed E-state index contributed by atoms with van der Waals surface area (Å²) in [6, 6.07) is 4.50. The molecule has 31 heavy (non-hydrogen) atoms. The van der Waals surface area contributed by atoms with Crippen molar-refractivity contribution >= 4 is 29.3 Å². The Morgan fingerprint density at radius 3 is 2.74 bits per heavy atom. The van der Waals surface area contributed by atoms with E-state index in [1.165, 1.54) is 0 Å². The number of hydrogen-bond acceptors (Lipinski definition) is 4. The zero-order valence-corrected chi connectivity index (χ0v) is 19.5. The van der Waals surface area contributed by atoms with E-state index >= 15 is 0 Å². The minimum absolute atomic E-state index is 0.201. The largest absolute Gasteiger partial charge is 0.444 e. The van der Waals surface area contributed by atoms with Crippen molar-refractivity contribution in [1.29, 1.82) is 0 Å². The highest BCUT2D eigenvalue weighted by Gasteiger charge is 2.39. The number of hydrogen-bond donors (Lipinski definition) is 2. The summed E-state index contributed by atoms with van der Waals surface area (Å²) >= 11 is 6.21. The summed E-state index contributed by atoms with van der Waals surface area (Å²) in [5.41, 5.74) is 2.16. The SMILES string of the molecule is CCCc1cnc(C2Cc3cc(Cl)ccc3N2C(=O)C(CC)NC(=O)OC(C)(C)C)[nH]1. The molecule has 1 aliphatic heterocycles. The number of halogens is 1. The number of aromatic amines is 1. The van der Waals surface area contributed by atoms with Gasteiger partial charge in [0.2, 0.25) is 5.91 Å². The molecule has 0 saturated heterocycles. The molecule has 0 fully saturated rings. The van der Waals surface area contributed by atoms with Gasteiger partial charge in [-0.3, -0.25) is 9.69 Å². The number of fused-ring (bicyclic) bond motifs is 1. The van der Waals surface area contributed by atoms with E-state index in [-0.39, 0.29) is 11.9 Å². The maximum Gasteiger partial charge on any atom is 0.408 e. The third-order valence-electron chi connectivity index (χ3n) is 5.14. The Kier molecular flexibility index (Phi) is 6.94. The van der Waals surface area contributed by atoms with Gasteiger partial charge in [0, 0.05) is 29.0 Å². The smallest absolute Gasteiger partial charge is 0.408 e. The van der Waals surface area contributed by atoms with Crippen molar-refractivity contribution in [2.75, 3.05) is 4.90 Å². The van der Waals surface area contributed by atoms with Gasteiger partial charge in [0.15, 0.2) is 0 Å². The quantitative estimate of drug-likeness (QED) is 0.657. The first kappa shape index (κ1) is 23.1. The van der Waals surface area contributed by atoms with Gasteiger partial charge in [-0.1, -0.05) is 31.9 Å². The van der Waals surface area contributed by atoms with Gasteiger partial charge < -0.3 is 15.0 Å². The van der Waals surface area contributed by atoms with E-state index in [0.29, 0.717) is 17.9 Å². The molecule has 2 heterocycles. The summed E-state index contributed by atoms with van der Waals surface area (Å²) in [5, 5.41) is 3.35. The molecule has 0 saturated carbocycles. The Morgan fingerprint density at radius 1 is 1.35 bits per heavy atom. The topological polar surface area (TPSA) is 87.3 Å². The van der Waals surface area contributed by atoms with E-state index in [1.807, 2.05) is 25.3 Å². The van der Waals surface area contributed by atoms with Crippen LogP contribution in [0.2, 0.25) is 5.02 Å². The summed E-state index contributed by atoms with van der Waals surface area (Å²) in [5.74, 6) is 0.532. The van der Waals surface area contributed by atoms with Gasteiger partial charge in [-0.25, -0.2) is 9.78 Å². The van der Waals surface area contributed by atoms with Crippen molar-refractivity contribution in [3.05, 3.63) is 46.5 Å². The second-order valence-corrected chi connectivity index (χ2v) is 9.29. The Morgan fingerprint density at radius 2 is 2.10 bits per heavy atom. The predicted octanol–water partition coefficient (Wildman–Crippen LogP) is 4.95. The highest BCUT2D eigenvalue weighted by atomic mass is 35.5. The second kappa shape index (κ2) is 9.30. The van der Waals surface area contributed by atoms with E-state index in [1.54, 1.807) is 31.7 Å². The molecule has 2 N–H and O–H groups in total. The van der Waals surface area contributed by atoms with E-state index in [4.69, 9.17) is 16.3 Å². The van der Waals surface area contributed by atoms with Gasteiger partial charge in [-0.15, -0.1) is 0 Å². The molecule has 7 nitrogen and oxygen atoms in total. The van der Waals surface area contributed by atoms with Crippen molar-refractivity contribution < 1.29 is 14.3 Å². The minimum atomic E-state index is -0.718. The number of carbonyl (C=O) groups excluding carboxylic acids is 2. The number of nitrogens with one attached hydrogen (secondary N) is 2. The molecule has 2 aromatic rings. The van der Waals surface area contributed by atoms with Gasteiger partial charge in [-0.05, 0) is 57.4 Å². The maximum absolute atomic E-state index is 13.6. The van der Waals surface area contributed by atoms with Gasteiger partial charge in [0.05, 0.1) is 6.04 Å². The van der Waals surface area contributed by atoms with Crippen LogP contribution >= 0.6 is 11.6 Å². The number of aromatic nitrogens is 2. The van der Waals surface area contributed by atoms with E-state index in [2.05, 4.69) is 22.2 Å². The molecule has 1 aromatic heterocycles. The van der Waals surface area contributed by atoms with Crippen LogP contribution in [0.3, 0.4) is 0 Å². The predicted molar refractivity (Wildman–Crippen MR) is 121 cm³/mol. The van der Waals surface area contributed by atoms with Crippen molar-refractivity contribution in [3.8, 4) is 0 Å².